The molecular formula is C16H13ClN2O3. The first-order valence-electron chi connectivity index (χ1n) is 6.81. The highest BCUT2D eigenvalue weighted by atomic mass is 35.5. The van der Waals surface area contributed by atoms with Gasteiger partial charge in [-0.3, -0.25) is 9.78 Å². The van der Waals surface area contributed by atoms with Crippen molar-refractivity contribution in [3.05, 3.63) is 63.9 Å². The van der Waals surface area contributed by atoms with E-state index in [0.717, 1.165) is 11.1 Å². The Balaban J connectivity index is 1.89. The number of amides is 1. The molecule has 0 aliphatic carbocycles. The Hall–Kier alpha value is -2.40. The molecule has 1 N–H and O–H groups in total. The number of aromatic nitrogens is 1. The maximum Gasteiger partial charge on any atom is 0.337 e. The molecule has 2 heterocycles. The van der Waals surface area contributed by atoms with E-state index in [1.807, 2.05) is 0 Å². The number of hydrogen-bond donors (Lipinski definition) is 1. The number of hydrogen-bond acceptors (Lipinski definition) is 3. The number of carbonyl (C=O) groups is 2. The summed E-state index contributed by atoms with van der Waals surface area (Å²) in [6.07, 6.45) is 3.47. The van der Waals surface area contributed by atoms with E-state index >= 15 is 0 Å². The minimum Gasteiger partial charge on any atom is -0.478 e. The zero-order valence-electron chi connectivity index (χ0n) is 11.6. The molecule has 0 fully saturated rings. The van der Waals surface area contributed by atoms with Crippen LogP contribution in [0.4, 0.5) is 0 Å². The Morgan fingerprint density at radius 1 is 1.18 bits per heavy atom. The number of benzene rings is 1. The van der Waals surface area contributed by atoms with Gasteiger partial charge in [0.05, 0.1) is 16.1 Å². The maximum atomic E-state index is 12.6. The van der Waals surface area contributed by atoms with Crippen molar-refractivity contribution in [1.29, 1.82) is 0 Å². The first-order chi connectivity index (χ1) is 10.6. The molecular weight excluding hydrogens is 304 g/mol. The molecule has 1 aromatic heterocycles. The van der Waals surface area contributed by atoms with Gasteiger partial charge in [0.2, 0.25) is 0 Å². The van der Waals surface area contributed by atoms with E-state index in [1.54, 1.807) is 35.4 Å². The first-order valence-corrected chi connectivity index (χ1v) is 7.18. The molecule has 2 aromatic rings. The molecule has 5 nitrogen and oxygen atoms in total. The molecule has 0 saturated carbocycles. The number of nitrogens with zero attached hydrogens (tertiary/aromatic N) is 2. The zero-order valence-corrected chi connectivity index (χ0v) is 12.4. The highest BCUT2D eigenvalue weighted by Crippen LogP contribution is 2.24. The van der Waals surface area contributed by atoms with Crippen LogP contribution in [0, 0.1) is 0 Å². The fourth-order valence-electron chi connectivity index (χ4n) is 2.66. The van der Waals surface area contributed by atoms with E-state index in [0.29, 0.717) is 30.1 Å². The Bertz CT molecular complexity index is 761. The van der Waals surface area contributed by atoms with Crippen LogP contribution in [0.25, 0.3) is 0 Å². The molecule has 0 bridgehead atoms. The standard InChI is InChI=1S/C16H13ClN2O3/c17-14-4-2-1-3-12(14)15(20)19-6-5-11-10(9-19)7-18-8-13(11)16(21)22/h1-4,7-8H,5-6,9H2,(H,21,22). The lowest BCUT2D eigenvalue weighted by molar-refractivity contribution is 0.0693. The highest BCUT2D eigenvalue weighted by Gasteiger charge is 2.26. The average molecular weight is 317 g/mol. The molecule has 0 atom stereocenters. The maximum absolute atomic E-state index is 12.6. The summed E-state index contributed by atoms with van der Waals surface area (Å²) in [4.78, 5) is 29.4. The van der Waals surface area contributed by atoms with Gasteiger partial charge in [0.15, 0.2) is 0 Å². The van der Waals surface area contributed by atoms with Gasteiger partial charge < -0.3 is 10.0 Å². The summed E-state index contributed by atoms with van der Waals surface area (Å²) >= 11 is 6.07. The second kappa shape index (κ2) is 5.77. The van der Waals surface area contributed by atoms with E-state index in [-0.39, 0.29) is 11.5 Å². The van der Waals surface area contributed by atoms with Gasteiger partial charge >= 0.3 is 5.97 Å². The van der Waals surface area contributed by atoms with Crippen LogP contribution in [0.1, 0.15) is 31.8 Å². The van der Waals surface area contributed by atoms with Crippen molar-refractivity contribution < 1.29 is 14.7 Å². The van der Waals surface area contributed by atoms with Crippen LogP contribution in [0.5, 0.6) is 0 Å². The molecule has 1 amide bonds. The molecule has 22 heavy (non-hydrogen) atoms. The molecule has 1 aromatic carbocycles. The van der Waals surface area contributed by atoms with Gasteiger partial charge in [-0.25, -0.2) is 4.79 Å². The van der Waals surface area contributed by atoms with Crippen molar-refractivity contribution in [3.63, 3.8) is 0 Å². The van der Waals surface area contributed by atoms with Crippen molar-refractivity contribution in [2.24, 2.45) is 0 Å². The molecule has 0 radical (unpaired) electrons. The van der Waals surface area contributed by atoms with Gasteiger partial charge in [-0.05, 0) is 29.7 Å². The number of fused-ring (bicyclic) bond motifs is 1. The first kappa shape index (κ1) is 14.5. The summed E-state index contributed by atoms with van der Waals surface area (Å²) in [6.45, 7) is 0.800. The molecule has 1 aliphatic rings. The van der Waals surface area contributed by atoms with Gasteiger partial charge in [-0.1, -0.05) is 23.7 Å². The lowest BCUT2D eigenvalue weighted by atomic mass is 9.96. The molecule has 1 aliphatic heterocycles. The molecule has 6 heteroatoms. The van der Waals surface area contributed by atoms with Crippen molar-refractivity contribution in [2.75, 3.05) is 6.54 Å². The predicted molar refractivity (Wildman–Crippen MR) is 81.1 cm³/mol. The Labute approximate surface area is 132 Å². The molecule has 112 valence electrons. The number of carboxylic acid groups (broad SMARTS) is 1. The third kappa shape index (κ3) is 2.55. The van der Waals surface area contributed by atoms with Crippen LogP contribution in [0.15, 0.2) is 36.7 Å². The number of aromatic carboxylic acids is 1. The monoisotopic (exact) mass is 316 g/mol. The lowest BCUT2D eigenvalue weighted by Crippen LogP contribution is -2.36. The smallest absolute Gasteiger partial charge is 0.337 e. The fraction of sp³-hybridized carbons (Fsp3) is 0.188. The van der Waals surface area contributed by atoms with Crippen molar-refractivity contribution in [1.82, 2.24) is 9.88 Å². The van der Waals surface area contributed by atoms with E-state index in [4.69, 9.17) is 11.6 Å². The fourth-order valence-corrected chi connectivity index (χ4v) is 2.87. The van der Waals surface area contributed by atoms with Crippen molar-refractivity contribution in [3.8, 4) is 0 Å². The predicted octanol–water partition coefficient (Wildman–Crippen LogP) is 2.63. The van der Waals surface area contributed by atoms with E-state index in [1.165, 1.54) is 6.20 Å². The van der Waals surface area contributed by atoms with Gasteiger partial charge in [-0.2, -0.15) is 0 Å². The highest BCUT2D eigenvalue weighted by molar-refractivity contribution is 6.33. The van der Waals surface area contributed by atoms with Crippen LogP contribution >= 0.6 is 11.6 Å². The van der Waals surface area contributed by atoms with E-state index in [2.05, 4.69) is 4.98 Å². The van der Waals surface area contributed by atoms with E-state index < -0.39 is 5.97 Å². The SMILES string of the molecule is O=C(O)c1cncc2c1CCN(C(=O)c1ccccc1Cl)C2. The summed E-state index contributed by atoms with van der Waals surface area (Å²) in [5.41, 5.74) is 2.19. The zero-order chi connectivity index (χ0) is 15.7. The van der Waals surface area contributed by atoms with Gasteiger partial charge in [0, 0.05) is 25.5 Å². The van der Waals surface area contributed by atoms with Crippen LogP contribution in [-0.4, -0.2) is 33.4 Å². The van der Waals surface area contributed by atoms with Gasteiger partial charge in [0.1, 0.15) is 0 Å². The third-order valence-corrected chi connectivity index (χ3v) is 4.09. The summed E-state index contributed by atoms with van der Waals surface area (Å²) in [5.74, 6) is -1.15. The Morgan fingerprint density at radius 3 is 2.68 bits per heavy atom. The summed E-state index contributed by atoms with van der Waals surface area (Å²) in [7, 11) is 0. The number of halogens is 1. The molecule has 0 spiro atoms. The minimum atomic E-state index is -0.991. The second-order valence-electron chi connectivity index (χ2n) is 5.09. The van der Waals surface area contributed by atoms with Gasteiger partial charge in [0.25, 0.3) is 5.91 Å². The number of rotatable bonds is 2. The lowest BCUT2D eigenvalue weighted by Gasteiger charge is -2.29. The van der Waals surface area contributed by atoms with Crippen molar-refractivity contribution in [2.45, 2.75) is 13.0 Å². The normalized spacial score (nSPS) is 13.6. The summed E-state index contributed by atoms with van der Waals surface area (Å²) < 4.78 is 0. The minimum absolute atomic E-state index is 0.156. The summed E-state index contributed by atoms with van der Waals surface area (Å²) in [6, 6.07) is 6.90. The van der Waals surface area contributed by atoms with Crippen LogP contribution in [0.2, 0.25) is 5.02 Å². The molecule has 0 saturated heterocycles. The Morgan fingerprint density at radius 2 is 1.95 bits per heavy atom. The van der Waals surface area contributed by atoms with E-state index in [9.17, 15) is 14.7 Å². The second-order valence-corrected chi connectivity index (χ2v) is 5.49. The summed E-state index contributed by atoms with van der Waals surface area (Å²) in [5, 5.41) is 9.61. The molecule has 0 unspecified atom stereocenters. The quantitative estimate of drug-likeness (QED) is 0.924. The topological polar surface area (TPSA) is 70.5 Å². The largest absolute Gasteiger partial charge is 0.478 e. The number of carboxylic acids is 1. The average Bonchev–Trinajstić information content (AvgIpc) is 2.53. The molecule has 3 rings (SSSR count). The number of carbonyl (C=O) groups excluding carboxylic acids is 1. The van der Waals surface area contributed by atoms with Crippen LogP contribution < -0.4 is 0 Å². The van der Waals surface area contributed by atoms with Crippen molar-refractivity contribution >= 4 is 23.5 Å². The number of pyridine rings is 1. The van der Waals surface area contributed by atoms with Crippen LogP contribution in [-0.2, 0) is 13.0 Å². The Kier molecular flexibility index (Phi) is 3.81. The van der Waals surface area contributed by atoms with Gasteiger partial charge in [-0.15, -0.1) is 0 Å². The van der Waals surface area contributed by atoms with Crippen LogP contribution in [0.3, 0.4) is 0 Å². The third-order valence-electron chi connectivity index (χ3n) is 3.76.